The molecular weight excluding hydrogens is 225 g/mol. The van der Waals surface area contributed by atoms with Gasteiger partial charge in [0.15, 0.2) is 0 Å². The quantitative estimate of drug-likeness (QED) is 0.548. The molecule has 15 heavy (non-hydrogen) atoms. The van der Waals surface area contributed by atoms with Crippen molar-refractivity contribution >= 4 is 11.8 Å². The summed E-state index contributed by atoms with van der Waals surface area (Å²) in [5.41, 5.74) is -1.51. The van der Waals surface area contributed by atoms with Crippen molar-refractivity contribution < 1.29 is 13.2 Å². The van der Waals surface area contributed by atoms with Crippen molar-refractivity contribution in [1.82, 2.24) is 0 Å². The molecule has 0 fully saturated rings. The molecule has 0 unspecified atom stereocenters. The molecule has 1 aromatic carbocycles. The van der Waals surface area contributed by atoms with Crippen LogP contribution in [0.25, 0.3) is 0 Å². The molecule has 1 aromatic rings. The molecule has 2 nitrogen and oxygen atoms in total. The molecule has 76 valence electrons. The fourth-order valence-corrected chi connectivity index (χ4v) is 1.62. The minimum absolute atomic E-state index is 0.246. The van der Waals surface area contributed by atoms with Gasteiger partial charge in [0.1, 0.15) is 5.40 Å². The normalized spacial score (nSPS) is 10.5. The third-order valence-electron chi connectivity index (χ3n) is 1.59. The average molecular weight is 228 g/mol. The van der Waals surface area contributed by atoms with Crippen LogP contribution in [0.1, 0.15) is 11.1 Å². The number of nitriles is 2. The predicted octanol–water partition coefficient (Wildman–Crippen LogP) is 3.15. The Morgan fingerprint density at radius 2 is 1.87 bits per heavy atom. The number of thiocyanates is 1. The lowest BCUT2D eigenvalue weighted by molar-refractivity contribution is -0.139. The molecule has 0 heterocycles. The molecule has 0 bridgehead atoms. The first-order chi connectivity index (χ1) is 7.00. The van der Waals surface area contributed by atoms with Gasteiger partial charge in [0.25, 0.3) is 0 Å². The van der Waals surface area contributed by atoms with E-state index in [0.29, 0.717) is 11.8 Å². The Balaban J connectivity index is 3.44. The average Bonchev–Trinajstić information content (AvgIpc) is 2.16. The summed E-state index contributed by atoms with van der Waals surface area (Å²) in [7, 11) is 0. The second-order valence-electron chi connectivity index (χ2n) is 2.48. The SMILES string of the molecule is N#CSc1cccc(C#N)c1C(F)(F)F. The Bertz CT molecular complexity index is 454. The Hall–Kier alpha value is -1.66. The van der Waals surface area contributed by atoms with E-state index in [1.54, 1.807) is 5.40 Å². The van der Waals surface area contributed by atoms with Crippen LogP contribution in [0.2, 0.25) is 0 Å². The molecule has 0 saturated carbocycles. The van der Waals surface area contributed by atoms with Gasteiger partial charge in [-0.3, -0.25) is 0 Å². The molecule has 0 aliphatic heterocycles. The first-order valence-corrected chi connectivity index (χ1v) is 4.48. The largest absolute Gasteiger partial charge is 0.418 e. The monoisotopic (exact) mass is 228 g/mol. The lowest BCUT2D eigenvalue weighted by Crippen LogP contribution is -2.09. The number of nitrogens with zero attached hydrogens (tertiary/aromatic N) is 2. The third kappa shape index (κ3) is 2.42. The van der Waals surface area contributed by atoms with E-state index in [-0.39, 0.29) is 4.90 Å². The number of rotatable bonds is 1. The highest BCUT2D eigenvalue weighted by Crippen LogP contribution is 2.38. The molecule has 6 heteroatoms. The summed E-state index contributed by atoms with van der Waals surface area (Å²) in [6.07, 6.45) is -4.62. The standard InChI is InChI=1S/C9H3F3N2S/c10-9(11,12)8-6(4-13)2-1-3-7(8)15-5-14/h1-3H. The van der Waals surface area contributed by atoms with Gasteiger partial charge in [-0.2, -0.15) is 23.7 Å². The van der Waals surface area contributed by atoms with Crippen molar-refractivity contribution in [3.8, 4) is 11.5 Å². The minimum atomic E-state index is -4.62. The molecule has 1 rings (SSSR count). The minimum Gasteiger partial charge on any atom is -0.192 e. The zero-order valence-electron chi connectivity index (χ0n) is 7.17. The summed E-state index contributed by atoms with van der Waals surface area (Å²) in [6.45, 7) is 0. The highest BCUT2D eigenvalue weighted by Gasteiger charge is 2.36. The van der Waals surface area contributed by atoms with E-state index in [1.807, 2.05) is 0 Å². The van der Waals surface area contributed by atoms with Crippen molar-refractivity contribution in [2.24, 2.45) is 0 Å². The van der Waals surface area contributed by atoms with Crippen LogP contribution >= 0.6 is 11.8 Å². The van der Waals surface area contributed by atoms with Gasteiger partial charge in [-0.15, -0.1) is 0 Å². The highest BCUT2D eigenvalue weighted by atomic mass is 32.2. The molecule has 0 atom stereocenters. The summed E-state index contributed by atoms with van der Waals surface area (Å²) >= 11 is 0.393. The van der Waals surface area contributed by atoms with Gasteiger partial charge in [-0.1, -0.05) is 6.07 Å². The molecule has 0 N–H and O–H groups in total. The van der Waals surface area contributed by atoms with Crippen LogP contribution in [0.5, 0.6) is 0 Å². The van der Waals surface area contributed by atoms with Gasteiger partial charge < -0.3 is 0 Å². The number of hydrogen-bond donors (Lipinski definition) is 0. The van der Waals surface area contributed by atoms with Gasteiger partial charge >= 0.3 is 6.18 Å². The highest BCUT2D eigenvalue weighted by molar-refractivity contribution is 8.03. The second kappa shape index (κ2) is 4.24. The molecule has 0 amide bonds. The van der Waals surface area contributed by atoms with Crippen LogP contribution in [0.15, 0.2) is 23.1 Å². The Morgan fingerprint density at radius 1 is 1.20 bits per heavy atom. The van der Waals surface area contributed by atoms with Gasteiger partial charge in [0.2, 0.25) is 0 Å². The van der Waals surface area contributed by atoms with Crippen molar-refractivity contribution in [2.45, 2.75) is 11.1 Å². The van der Waals surface area contributed by atoms with Crippen LogP contribution in [-0.2, 0) is 6.18 Å². The molecule has 0 aromatic heterocycles. The van der Waals surface area contributed by atoms with Gasteiger partial charge in [0.05, 0.1) is 17.2 Å². The zero-order valence-corrected chi connectivity index (χ0v) is 7.99. The smallest absolute Gasteiger partial charge is 0.192 e. The number of alkyl halides is 3. The second-order valence-corrected chi connectivity index (χ2v) is 3.31. The van der Waals surface area contributed by atoms with Crippen LogP contribution in [-0.4, -0.2) is 0 Å². The van der Waals surface area contributed by atoms with Gasteiger partial charge in [-0.25, -0.2) is 0 Å². The van der Waals surface area contributed by atoms with Gasteiger partial charge in [-0.05, 0) is 23.9 Å². The Morgan fingerprint density at radius 3 is 2.33 bits per heavy atom. The molecular formula is C9H3F3N2S. The van der Waals surface area contributed by atoms with Crippen LogP contribution < -0.4 is 0 Å². The summed E-state index contributed by atoms with van der Waals surface area (Å²) in [4.78, 5) is -0.246. The lowest BCUT2D eigenvalue weighted by atomic mass is 10.1. The predicted molar refractivity (Wildman–Crippen MR) is 47.6 cm³/mol. The van der Waals surface area contributed by atoms with Crippen molar-refractivity contribution in [1.29, 1.82) is 10.5 Å². The molecule has 0 saturated heterocycles. The first-order valence-electron chi connectivity index (χ1n) is 3.67. The Kier molecular flexibility index (Phi) is 3.23. The van der Waals surface area contributed by atoms with E-state index < -0.39 is 17.3 Å². The summed E-state index contributed by atoms with van der Waals surface area (Å²) < 4.78 is 37.6. The summed E-state index contributed by atoms with van der Waals surface area (Å²) in [6, 6.07) is 5.01. The van der Waals surface area contributed by atoms with Crippen molar-refractivity contribution in [2.75, 3.05) is 0 Å². The van der Waals surface area contributed by atoms with E-state index in [4.69, 9.17) is 10.5 Å². The number of hydrogen-bond acceptors (Lipinski definition) is 3. The molecule has 0 aliphatic rings. The summed E-state index contributed by atoms with van der Waals surface area (Å²) in [5, 5.41) is 18.4. The molecule has 0 spiro atoms. The molecule has 0 aliphatic carbocycles. The number of benzene rings is 1. The van der Waals surface area contributed by atoms with Crippen LogP contribution in [0.4, 0.5) is 13.2 Å². The van der Waals surface area contributed by atoms with Gasteiger partial charge in [0, 0.05) is 4.90 Å². The topological polar surface area (TPSA) is 47.6 Å². The van der Waals surface area contributed by atoms with E-state index in [2.05, 4.69) is 0 Å². The summed E-state index contributed by atoms with van der Waals surface area (Å²) in [5.74, 6) is 0. The van der Waals surface area contributed by atoms with E-state index in [9.17, 15) is 13.2 Å². The fourth-order valence-electron chi connectivity index (χ4n) is 1.05. The maximum Gasteiger partial charge on any atom is 0.418 e. The lowest BCUT2D eigenvalue weighted by Gasteiger charge is -2.11. The Labute approximate surface area is 87.9 Å². The van der Waals surface area contributed by atoms with Crippen molar-refractivity contribution in [3.63, 3.8) is 0 Å². The zero-order chi connectivity index (χ0) is 11.5. The van der Waals surface area contributed by atoms with Crippen LogP contribution in [0.3, 0.4) is 0 Å². The first kappa shape index (κ1) is 11.4. The van der Waals surface area contributed by atoms with Crippen LogP contribution in [0, 0.1) is 22.0 Å². The van der Waals surface area contributed by atoms with E-state index in [1.165, 1.54) is 12.1 Å². The van der Waals surface area contributed by atoms with Crippen molar-refractivity contribution in [3.05, 3.63) is 29.3 Å². The third-order valence-corrected chi connectivity index (χ3v) is 2.24. The fraction of sp³-hybridized carbons (Fsp3) is 0.111. The number of halogens is 3. The maximum atomic E-state index is 12.5. The number of thioether (sulfide) groups is 1. The van der Waals surface area contributed by atoms with E-state index >= 15 is 0 Å². The molecule has 0 radical (unpaired) electrons. The maximum absolute atomic E-state index is 12.5. The van der Waals surface area contributed by atoms with E-state index in [0.717, 1.165) is 12.1 Å².